The van der Waals surface area contributed by atoms with Gasteiger partial charge in [-0.25, -0.2) is 0 Å². The van der Waals surface area contributed by atoms with Crippen LogP contribution in [0.3, 0.4) is 0 Å². The van der Waals surface area contributed by atoms with Gasteiger partial charge >= 0.3 is 0 Å². The Morgan fingerprint density at radius 3 is 2.25 bits per heavy atom. The molecule has 2 nitrogen and oxygen atoms in total. The van der Waals surface area contributed by atoms with Crippen molar-refractivity contribution in [3.8, 4) is 0 Å². The van der Waals surface area contributed by atoms with Gasteiger partial charge in [-0.15, -0.1) is 0 Å². The van der Waals surface area contributed by atoms with Gasteiger partial charge in [-0.05, 0) is 44.8 Å². The van der Waals surface area contributed by atoms with Crippen LogP contribution in [0.15, 0.2) is 0 Å². The molecule has 0 aliphatic rings. The Bertz CT molecular complexity index is 144. The van der Waals surface area contributed by atoms with Gasteiger partial charge < -0.3 is 10.6 Å². The lowest BCUT2D eigenvalue weighted by Crippen LogP contribution is -2.30. The largest absolute Gasteiger partial charge is 0.320 e. The summed E-state index contributed by atoms with van der Waals surface area (Å²) in [6, 6.07) is 0. The van der Waals surface area contributed by atoms with Crippen LogP contribution in [0.5, 0.6) is 0 Å². The molecule has 0 spiro atoms. The van der Waals surface area contributed by atoms with Crippen molar-refractivity contribution in [2.75, 3.05) is 26.7 Å². The Morgan fingerprint density at radius 2 is 1.62 bits per heavy atom. The van der Waals surface area contributed by atoms with E-state index < -0.39 is 0 Å². The van der Waals surface area contributed by atoms with Crippen molar-refractivity contribution in [2.24, 2.45) is 5.41 Å². The van der Waals surface area contributed by atoms with E-state index in [2.05, 4.69) is 31.4 Å². The highest BCUT2D eigenvalue weighted by molar-refractivity contribution is 4.71. The Kier molecular flexibility index (Phi) is 10.0. The van der Waals surface area contributed by atoms with Gasteiger partial charge in [0.15, 0.2) is 0 Å². The molecule has 0 fully saturated rings. The third-order valence-corrected chi connectivity index (χ3v) is 3.09. The van der Waals surface area contributed by atoms with Crippen LogP contribution in [-0.2, 0) is 0 Å². The molecule has 0 saturated carbocycles. The molecule has 16 heavy (non-hydrogen) atoms. The SMILES string of the molecule is CCCCCC(C)(C)CNCCCCNC. The fraction of sp³-hybridized carbons (Fsp3) is 1.00. The first kappa shape index (κ1) is 15.9. The number of rotatable bonds is 11. The molecular weight excluding hydrogens is 196 g/mol. The van der Waals surface area contributed by atoms with Crippen LogP contribution in [0.25, 0.3) is 0 Å². The predicted molar refractivity (Wildman–Crippen MR) is 74.0 cm³/mol. The minimum atomic E-state index is 0.470. The van der Waals surface area contributed by atoms with Gasteiger partial charge in [0.1, 0.15) is 0 Å². The minimum absolute atomic E-state index is 0.470. The quantitative estimate of drug-likeness (QED) is 0.531. The Balaban J connectivity index is 3.35. The van der Waals surface area contributed by atoms with E-state index in [0.717, 1.165) is 13.1 Å². The highest BCUT2D eigenvalue weighted by Gasteiger charge is 2.15. The summed E-state index contributed by atoms with van der Waals surface area (Å²) in [5.41, 5.74) is 0.470. The number of hydrogen-bond acceptors (Lipinski definition) is 2. The summed E-state index contributed by atoms with van der Waals surface area (Å²) < 4.78 is 0. The molecule has 0 aromatic carbocycles. The third kappa shape index (κ3) is 10.4. The smallest absolute Gasteiger partial charge is 0.000252 e. The minimum Gasteiger partial charge on any atom is -0.320 e. The highest BCUT2D eigenvalue weighted by Crippen LogP contribution is 2.22. The van der Waals surface area contributed by atoms with Gasteiger partial charge in [0, 0.05) is 6.54 Å². The second-order valence-corrected chi connectivity index (χ2v) is 5.61. The van der Waals surface area contributed by atoms with E-state index in [1.54, 1.807) is 0 Å². The zero-order valence-corrected chi connectivity index (χ0v) is 11.9. The molecule has 98 valence electrons. The molecule has 0 aliphatic carbocycles. The average Bonchev–Trinajstić information content (AvgIpc) is 2.23. The fourth-order valence-electron chi connectivity index (χ4n) is 1.92. The van der Waals surface area contributed by atoms with E-state index in [9.17, 15) is 0 Å². The predicted octanol–water partition coefficient (Wildman–Crippen LogP) is 3.18. The van der Waals surface area contributed by atoms with Crippen LogP contribution in [0, 0.1) is 5.41 Å². The Hall–Kier alpha value is -0.0800. The Morgan fingerprint density at radius 1 is 0.938 bits per heavy atom. The lowest BCUT2D eigenvalue weighted by Gasteiger charge is -2.25. The molecule has 0 aromatic rings. The van der Waals surface area contributed by atoms with Crippen molar-refractivity contribution in [1.82, 2.24) is 10.6 Å². The zero-order valence-electron chi connectivity index (χ0n) is 11.9. The second kappa shape index (κ2) is 10.1. The van der Waals surface area contributed by atoms with E-state index in [4.69, 9.17) is 0 Å². The van der Waals surface area contributed by atoms with Gasteiger partial charge in [0.2, 0.25) is 0 Å². The maximum absolute atomic E-state index is 3.58. The van der Waals surface area contributed by atoms with Gasteiger partial charge in [0.05, 0.1) is 0 Å². The van der Waals surface area contributed by atoms with Crippen LogP contribution in [-0.4, -0.2) is 26.7 Å². The number of hydrogen-bond donors (Lipinski definition) is 2. The molecule has 0 heterocycles. The van der Waals surface area contributed by atoms with Crippen LogP contribution >= 0.6 is 0 Å². The van der Waals surface area contributed by atoms with Crippen molar-refractivity contribution in [3.05, 3.63) is 0 Å². The molecule has 0 saturated heterocycles. The zero-order chi connectivity index (χ0) is 12.3. The van der Waals surface area contributed by atoms with Crippen molar-refractivity contribution >= 4 is 0 Å². The standard InChI is InChI=1S/C14H32N2/c1-5-6-7-10-14(2,3)13-16-12-9-8-11-15-4/h15-16H,5-13H2,1-4H3. The molecular formula is C14H32N2. The molecule has 2 heteroatoms. The summed E-state index contributed by atoms with van der Waals surface area (Å²) in [6.07, 6.45) is 8.00. The van der Waals surface area contributed by atoms with Crippen molar-refractivity contribution in [3.63, 3.8) is 0 Å². The highest BCUT2D eigenvalue weighted by atomic mass is 14.9. The fourth-order valence-corrected chi connectivity index (χ4v) is 1.92. The van der Waals surface area contributed by atoms with E-state index in [0.29, 0.717) is 5.41 Å². The lowest BCUT2D eigenvalue weighted by atomic mass is 9.87. The first-order valence-electron chi connectivity index (χ1n) is 6.97. The molecule has 0 amide bonds. The lowest BCUT2D eigenvalue weighted by molar-refractivity contribution is 0.302. The molecule has 0 radical (unpaired) electrons. The van der Waals surface area contributed by atoms with Crippen LogP contribution in [0.1, 0.15) is 59.3 Å². The topological polar surface area (TPSA) is 24.1 Å². The molecule has 0 atom stereocenters. The summed E-state index contributed by atoms with van der Waals surface area (Å²) in [5, 5.41) is 6.77. The van der Waals surface area contributed by atoms with Crippen LogP contribution in [0.2, 0.25) is 0 Å². The van der Waals surface area contributed by atoms with E-state index in [-0.39, 0.29) is 0 Å². The van der Waals surface area contributed by atoms with Gasteiger partial charge in [-0.1, -0.05) is 40.0 Å². The van der Waals surface area contributed by atoms with Crippen LogP contribution in [0.4, 0.5) is 0 Å². The van der Waals surface area contributed by atoms with Crippen LogP contribution < -0.4 is 10.6 Å². The van der Waals surface area contributed by atoms with Gasteiger partial charge in [-0.3, -0.25) is 0 Å². The first-order valence-corrected chi connectivity index (χ1v) is 6.97. The summed E-state index contributed by atoms with van der Waals surface area (Å²) in [5.74, 6) is 0. The molecule has 0 aliphatic heterocycles. The van der Waals surface area contributed by atoms with Crippen molar-refractivity contribution < 1.29 is 0 Å². The molecule has 2 N–H and O–H groups in total. The van der Waals surface area contributed by atoms with E-state index in [1.165, 1.54) is 45.1 Å². The van der Waals surface area contributed by atoms with E-state index in [1.807, 2.05) is 7.05 Å². The normalized spacial score (nSPS) is 12.0. The first-order chi connectivity index (χ1) is 7.62. The molecule has 0 bridgehead atoms. The molecule has 0 unspecified atom stereocenters. The maximum atomic E-state index is 3.58. The third-order valence-electron chi connectivity index (χ3n) is 3.09. The number of unbranched alkanes of at least 4 members (excludes halogenated alkanes) is 3. The summed E-state index contributed by atoms with van der Waals surface area (Å²) in [4.78, 5) is 0. The summed E-state index contributed by atoms with van der Waals surface area (Å²) >= 11 is 0. The summed E-state index contributed by atoms with van der Waals surface area (Å²) in [7, 11) is 2.02. The Labute approximate surface area is 103 Å². The molecule has 0 rings (SSSR count). The molecule has 0 aromatic heterocycles. The van der Waals surface area contributed by atoms with E-state index >= 15 is 0 Å². The average molecular weight is 228 g/mol. The summed E-state index contributed by atoms with van der Waals surface area (Å²) in [6.45, 7) is 10.5. The van der Waals surface area contributed by atoms with Crippen molar-refractivity contribution in [2.45, 2.75) is 59.3 Å². The monoisotopic (exact) mass is 228 g/mol. The second-order valence-electron chi connectivity index (χ2n) is 5.61. The maximum Gasteiger partial charge on any atom is 0.000252 e. The van der Waals surface area contributed by atoms with Gasteiger partial charge in [0.25, 0.3) is 0 Å². The van der Waals surface area contributed by atoms with Gasteiger partial charge in [-0.2, -0.15) is 0 Å². The number of nitrogens with one attached hydrogen (secondary N) is 2. The van der Waals surface area contributed by atoms with Crippen molar-refractivity contribution in [1.29, 1.82) is 0 Å².